The van der Waals surface area contributed by atoms with Crippen LogP contribution in [0.3, 0.4) is 0 Å². The highest BCUT2D eigenvalue weighted by Gasteiger charge is 2.28. The van der Waals surface area contributed by atoms with Crippen LogP contribution < -0.4 is 5.73 Å². The van der Waals surface area contributed by atoms with Gasteiger partial charge in [0.2, 0.25) is 9.84 Å². The molecule has 0 spiro atoms. The average Bonchev–Trinajstić information content (AvgIpc) is 2.80. The summed E-state index contributed by atoms with van der Waals surface area (Å²) in [6.45, 7) is 4.10. The molecule has 25 heavy (non-hydrogen) atoms. The van der Waals surface area contributed by atoms with Crippen molar-refractivity contribution in [2.45, 2.75) is 30.2 Å². The fourth-order valence-corrected chi connectivity index (χ4v) is 4.60. The zero-order valence-corrected chi connectivity index (χ0v) is 15.5. The van der Waals surface area contributed by atoms with Crippen molar-refractivity contribution in [1.29, 1.82) is 0 Å². The lowest BCUT2D eigenvalue weighted by atomic mass is 10.2. The van der Waals surface area contributed by atoms with E-state index in [4.69, 9.17) is 17.3 Å². The topological polar surface area (TPSA) is 78.0 Å². The minimum Gasteiger partial charge on any atom is -0.384 e. The summed E-state index contributed by atoms with van der Waals surface area (Å²) in [6, 6.07) is 9.85. The monoisotopic (exact) mass is 375 g/mol. The summed E-state index contributed by atoms with van der Waals surface area (Å²) in [6.07, 6.45) is 3.43. The number of halogens is 1. The van der Waals surface area contributed by atoms with E-state index in [1.807, 2.05) is 19.1 Å². The Kier molecular flexibility index (Phi) is 4.58. The molecule has 0 aliphatic carbocycles. The summed E-state index contributed by atoms with van der Waals surface area (Å²) < 4.78 is 27.9. The Morgan fingerprint density at radius 3 is 2.44 bits per heavy atom. The summed E-state index contributed by atoms with van der Waals surface area (Å²) in [7, 11) is -3.73. The third-order valence-corrected chi connectivity index (χ3v) is 6.47. The second-order valence-electron chi connectivity index (χ2n) is 5.83. The van der Waals surface area contributed by atoms with Gasteiger partial charge in [-0.1, -0.05) is 17.7 Å². The van der Waals surface area contributed by atoms with E-state index >= 15 is 0 Å². The Morgan fingerprint density at radius 2 is 1.84 bits per heavy atom. The minimum atomic E-state index is -3.73. The van der Waals surface area contributed by atoms with Crippen molar-refractivity contribution in [1.82, 2.24) is 9.55 Å². The van der Waals surface area contributed by atoms with Gasteiger partial charge in [-0.15, -0.1) is 0 Å². The molecule has 5 nitrogen and oxygen atoms in total. The molecule has 0 aliphatic heterocycles. The molecule has 2 aromatic heterocycles. The first-order valence-electron chi connectivity index (χ1n) is 7.67. The molecule has 130 valence electrons. The molecule has 0 fully saturated rings. The van der Waals surface area contributed by atoms with Gasteiger partial charge in [-0.05, 0) is 55.3 Å². The first kappa shape index (κ1) is 17.5. The molecule has 3 aromatic rings. The molecular formula is C18H18ClN3O2S. The fraction of sp³-hybridized carbons (Fsp3) is 0.167. The molecular weight excluding hydrogens is 358 g/mol. The van der Waals surface area contributed by atoms with E-state index in [9.17, 15) is 8.42 Å². The zero-order chi connectivity index (χ0) is 18.2. The quantitative estimate of drug-likeness (QED) is 0.755. The van der Waals surface area contributed by atoms with Crippen LogP contribution in [0.15, 0.2) is 58.6 Å². The van der Waals surface area contributed by atoms with Crippen molar-refractivity contribution in [3.05, 3.63) is 70.6 Å². The van der Waals surface area contributed by atoms with E-state index in [2.05, 4.69) is 4.98 Å². The summed E-state index contributed by atoms with van der Waals surface area (Å²) in [5.74, 6) is 0.230. The molecule has 0 radical (unpaired) electrons. The van der Waals surface area contributed by atoms with Crippen LogP contribution in [0.25, 0.3) is 0 Å². The Morgan fingerprint density at radius 1 is 1.16 bits per heavy atom. The number of sulfone groups is 1. The van der Waals surface area contributed by atoms with Gasteiger partial charge in [-0.2, -0.15) is 0 Å². The molecule has 0 saturated heterocycles. The maximum Gasteiger partial charge on any atom is 0.210 e. The van der Waals surface area contributed by atoms with Gasteiger partial charge in [0.1, 0.15) is 10.7 Å². The largest absolute Gasteiger partial charge is 0.384 e. The number of benzene rings is 1. The van der Waals surface area contributed by atoms with Crippen LogP contribution in [0.2, 0.25) is 5.02 Å². The predicted octanol–water partition coefficient (Wildman–Crippen LogP) is 3.62. The van der Waals surface area contributed by atoms with Crippen LogP contribution in [0.4, 0.5) is 5.82 Å². The number of anilines is 1. The van der Waals surface area contributed by atoms with Crippen LogP contribution in [0.1, 0.15) is 16.8 Å². The standard InChI is InChI=1S/C18H18ClN3O2S/c1-12-13(2)22(11-14-4-3-9-21-10-14)18(20)17(12)25(23,24)16-7-5-15(19)6-8-16/h3-10H,11,20H2,1-2H3. The number of nitrogen functional groups attached to an aromatic ring is 1. The maximum absolute atomic E-state index is 13.1. The maximum atomic E-state index is 13.1. The van der Waals surface area contributed by atoms with E-state index in [0.717, 1.165) is 11.3 Å². The van der Waals surface area contributed by atoms with Crippen molar-refractivity contribution < 1.29 is 8.42 Å². The Bertz CT molecular complexity index is 1010. The zero-order valence-electron chi connectivity index (χ0n) is 13.9. The first-order valence-corrected chi connectivity index (χ1v) is 9.53. The van der Waals surface area contributed by atoms with Gasteiger partial charge >= 0.3 is 0 Å². The second-order valence-corrected chi connectivity index (χ2v) is 8.15. The lowest BCUT2D eigenvalue weighted by molar-refractivity contribution is 0.596. The normalized spacial score (nSPS) is 11.6. The smallest absolute Gasteiger partial charge is 0.210 e. The summed E-state index contributed by atoms with van der Waals surface area (Å²) in [5.41, 5.74) is 8.65. The molecule has 2 N–H and O–H groups in total. The average molecular weight is 376 g/mol. The molecule has 0 atom stereocenters. The summed E-state index contributed by atoms with van der Waals surface area (Å²) >= 11 is 5.86. The molecule has 2 heterocycles. The molecule has 0 unspecified atom stereocenters. The van der Waals surface area contributed by atoms with E-state index < -0.39 is 9.84 Å². The Balaban J connectivity index is 2.11. The highest BCUT2D eigenvalue weighted by Crippen LogP contribution is 2.34. The van der Waals surface area contributed by atoms with E-state index in [1.54, 1.807) is 36.0 Å². The van der Waals surface area contributed by atoms with Gasteiger partial charge < -0.3 is 10.3 Å². The van der Waals surface area contributed by atoms with Crippen molar-refractivity contribution in [2.75, 3.05) is 5.73 Å². The van der Waals surface area contributed by atoms with Crippen LogP contribution >= 0.6 is 11.6 Å². The van der Waals surface area contributed by atoms with Gasteiger partial charge in [-0.3, -0.25) is 4.98 Å². The predicted molar refractivity (Wildman–Crippen MR) is 98.6 cm³/mol. The molecule has 1 aromatic carbocycles. The van der Waals surface area contributed by atoms with Gasteiger partial charge in [-0.25, -0.2) is 8.42 Å². The lowest BCUT2D eigenvalue weighted by Crippen LogP contribution is -2.09. The fourth-order valence-electron chi connectivity index (χ4n) is 2.81. The number of nitrogens with zero attached hydrogens (tertiary/aromatic N) is 2. The van der Waals surface area contributed by atoms with Gasteiger partial charge in [0, 0.05) is 23.1 Å². The lowest BCUT2D eigenvalue weighted by Gasteiger charge is -2.09. The number of hydrogen-bond donors (Lipinski definition) is 1. The first-order chi connectivity index (χ1) is 11.8. The summed E-state index contributed by atoms with van der Waals surface area (Å²) in [4.78, 5) is 4.41. The molecule has 0 amide bonds. The van der Waals surface area contributed by atoms with Crippen LogP contribution in [-0.4, -0.2) is 18.0 Å². The SMILES string of the molecule is Cc1c(S(=O)(=O)c2ccc(Cl)cc2)c(N)n(Cc2cccnc2)c1C. The Hall–Kier alpha value is -2.31. The van der Waals surface area contributed by atoms with Gasteiger partial charge in [0.05, 0.1) is 11.4 Å². The van der Waals surface area contributed by atoms with Crippen LogP contribution in [0.5, 0.6) is 0 Å². The highest BCUT2D eigenvalue weighted by molar-refractivity contribution is 7.91. The molecule has 3 rings (SSSR count). The molecule has 7 heteroatoms. The minimum absolute atomic E-state index is 0.149. The number of rotatable bonds is 4. The van der Waals surface area contributed by atoms with Gasteiger partial charge in [0.15, 0.2) is 0 Å². The second kappa shape index (κ2) is 6.54. The third kappa shape index (κ3) is 3.15. The number of hydrogen-bond acceptors (Lipinski definition) is 4. The number of nitrogens with two attached hydrogens (primary N) is 1. The van der Waals surface area contributed by atoms with E-state index in [1.165, 1.54) is 12.1 Å². The van der Waals surface area contributed by atoms with Crippen molar-refractivity contribution >= 4 is 27.3 Å². The number of aromatic nitrogens is 2. The van der Waals surface area contributed by atoms with Gasteiger partial charge in [0.25, 0.3) is 0 Å². The third-order valence-electron chi connectivity index (χ3n) is 4.27. The van der Waals surface area contributed by atoms with E-state index in [-0.39, 0.29) is 15.6 Å². The van der Waals surface area contributed by atoms with E-state index in [0.29, 0.717) is 17.1 Å². The Labute approximate surface area is 152 Å². The summed E-state index contributed by atoms with van der Waals surface area (Å²) in [5, 5.41) is 0.481. The van der Waals surface area contributed by atoms with Crippen molar-refractivity contribution in [3.8, 4) is 0 Å². The molecule has 0 saturated carbocycles. The van der Waals surface area contributed by atoms with Crippen molar-refractivity contribution in [3.63, 3.8) is 0 Å². The van der Waals surface area contributed by atoms with Crippen molar-refractivity contribution in [2.24, 2.45) is 0 Å². The molecule has 0 bridgehead atoms. The molecule has 0 aliphatic rings. The highest BCUT2D eigenvalue weighted by atomic mass is 35.5. The number of pyridine rings is 1. The van der Waals surface area contributed by atoms with Crippen LogP contribution in [0, 0.1) is 13.8 Å². The van der Waals surface area contributed by atoms with Crippen LogP contribution in [-0.2, 0) is 16.4 Å².